The van der Waals surface area contributed by atoms with Crippen molar-refractivity contribution in [1.29, 1.82) is 0 Å². The summed E-state index contributed by atoms with van der Waals surface area (Å²) in [6, 6.07) is 9.69. The molecule has 11 heteroatoms. The van der Waals surface area contributed by atoms with E-state index in [1.807, 2.05) is 6.07 Å². The van der Waals surface area contributed by atoms with Crippen LogP contribution >= 0.6 is 0 Å². The van der Waals surface area contributed by atoms with Gasteiger partial charge in [-0.05, 0) is 48.9 Å². The lowest BCUT2D eigenvalue weighted by atomic mass is 10.1. The van der Waals surface area contributed by atoms with Gasteiger partial charge in [0.15, 0.2) is 11.4 Å². The topological polar surface area (TPSA) is 72.3 Å². The standard InChI is InChI=1S/C21H19F4N5O2/c1-13-11-15(29-7-9-32-10-8-29)5-6-17(13)26-20(31)18-19(21(23,24)25)30(28-27-18)16-4-2-3-14(22)12-16/h2-6,11-12H,7-10H2,1H3,(H,26,31). The Hall–Kier alpha value is -3.47. The molecular formula is C21H19F4N5O2. The van der Waals surface area contributed by atoms with E-state index >= 15 is 0 Å². The number of halogens is 4. The number of aryl methyl sites for hydroxylation is 1. The van der Waals surface area contributed by atoms with Crippen LogP contribution in [0.4, 0.5) is 28.9 Å². The number of hydrogen-bond acceptors (Lipinski definition) is 5. The van der Waals surface area contributed by atoms with Crippen LogP contribution in [0.25, 0.3) is 5.69 Å². The van der Waals surface area contributed by atoms with E-state index in [0.717, 1.165) is 30.9 Å². The molecule has 1 amide bonds. The number of nitrogens with zero attached hydrogens (tertiary/aromatic N) is 4. The second kappa shape index (κ2) is 8.58. The van der Waals surface area contributed by atoms with Crippen molar-refractivity contribution in [3.05, 3.63) is 65.2 Å². The molecular weight excluding hydrogens is 430 g/mol. The van der Waals surface area contributed by atoms with Crippen molar-refractivity contribution in [3.8, 4) is 5.69 Å². The van der Waals surface area contributed by atoms with E-state index in [1.54, 1.807) is 19.1 Å². The van der Waals surface area contributed by atoms with Crippen molar-refractivity contribution in [2.45, 2.75) is 13.1 Å². The average molecular weight is 449 g/mol. The molecule has 0 saturated carbocycles. The minimum atomic E-state index is -4.95. The van der Waals surface area contributed by atoms with Gasteiger partial charge >= 0.3 is 6.18 Å². The molecule has 0 aliphatic carbocycles. The molecule has 7 nitrogen and oxygen atoms in total. The van der Waals surface area contributed by atoms with Crippen molar-refractivity contribution in [2.24, 2.45) is 0 Å². The molecule has 0 unspecified atom stereocenters. The van der Waals surface area contributed by atoms with E-state index in [-0.39, 0.29) is 5.69 Å². The molecule has 0 bridgehead atoms. The molecule has 0 atom stereocenters. The van der Waals surface area contributed by atoms with Gasteiger partial charge in [-0.25, -0.2) is 9.07 Å². The van der Waals surface area contributed by atoms with Crippen molar-refractivity contribution < 1.29 is 27.1 Å². The molecule has 4 rings (SSSR count). The van der Waals surface area contributed by atoms with E-state index in [2.05, 4.69) is 20.5 Å². The molecule has 1 aliphatic heterocycles. The molecule has 1 fully saturated rings. The van der Waals surface area contributed by atoms with Crippen LogP contribution in [0.1, 0.15) is 21.7 Å². The van der Waals surface area contributed by atoms with Crippen LogP contribution in [-0.2, 0) is 10.9 Å². The number of carbonyl (C=O) groups excluding carboxylic acids is 1. The van der Waals surface area contributed by atoms with E-state index in [9.17, 15) is 22.4 Å². The number of benzene rings is 2. The summed E-state index contributed by atoms with van der Waals surface area (Å²) in [7, 11) is 0. The lowest BCUT2D eigenvalue weighted by Gasteiger charge is -2.29. The Morgan fingerprint density at radius 3 is 2.50 bits per heavy atom. The molecule has 1 saturated heterocycles. The Morgan fingerprint density at radius 1 is 1.09 bits per heavy atom. The maximum atomic E-state index is 13.8. The number of anilines is 2. The van der Waals surface area contributed by atoms with E-state index in [4.69, 9.17) is 4.74 Å². The van der Waals surface area contributed by atoms with Crippen LogP contribution < -0.4 is 10.2 Å². The lowest BCUT2D eigenvalue weighted by molar-refractivity contribution is -0.143. The van der Waals surface area contributed by atoms with Gasteiger partial charge in [0.05, 0.1) is 18.9 Å². The molecule has 2 aromatic carbocycles. The van der Waals surface area contributed by atoms with Crippen molar-refractivity contribution in [2.75, 3.05) is 36.5 Å². The lowest BCUT2D eigenvalue weighted by Crippen LogP contribution is -2.36. The maximum Gasteiger partial charge on any atom is 0.435 e. The normalized spacial score (nSPS) is 14.5. The molecule has 1 aliphatic rings. The first-order valence-corrected chi connectivity index (χ1v) is 9.77. The fourth-order valence-electron chi connectivity index (χ4n) is 3.47. The SMILES string of the molecule is Cc1cc(N2CCOCC2)ccc1NC(=O)c1nnn(-c2cccc(F)c2)c1C(F)(F)F. The summed E-state index contributed by atoms with van der Waals surface area (Å²) in [5.41, 5.74) is -0.540. The fourth-order valence-corrected chi connectivity index (χ4v) is 3.47. The molecule has 1 aromatic heterocycles. The highest BCUT2D eigenvalue weighted by Crippen LogP contribution is 2.33. The Morgan fingerprint density at radius 2 is 1.84 bits per heavy atom. The number of morpholine rings is 1. The number of rotatable bonds is 4. The predicted molar refractivity (Wildman–Crippen MR) is 108 cm³/mol. The molecule has 3 aromatic rings. The summed E-state index contributed by atoms with van der Waals surface area (Å²) in [5.74, 6) is -1.81. The van der Waals surface area contributed by atoms with Crippen LogP contribution in [0.5, 0.6) is 0 Å². The first-order valence-electron chi connectivity index (χ1n) is 9.77. The number of ether oxygens (including phenoxy) is 1. The molecule has 168 valence electrons. The van der Waals surface area contributed by atoms with E-state index < -0.39 is 29.3 Å². The predicted octanol–water partition coefficient (Wildman–Crippen LogP) is 3.82. The largest absolute Gasteiger partial charge is 0.435 e. The number of hydrogen-bond donors (Lipinski definition) is 1. The number of alkyl halides is 3. The maximum absolute atomic E-state index is 13.8. The van der Waals surface area contributed by atoms with Gasteiger partial charge in [0, 0.05) is 24.5 Å². The van der Waals surface area contributed by atoms with Gasteiger partial charge in [-0.3, -0.25) is 4.79 Å². The van der Waals surface area contributed by atoms with Crippen molar-refractivity contribution in [3.63, 3.8) is 0 Å². The third-order valence-electron chi connectivity index (χ3n) is 5.04. The summed E-state index contributed by atoms with van der Waals surface area (Å²) in [6.45, 7) is 4.41. The highest BCUT2D eigenvalue weighted by molar-refractivity contribution is 6.04. The fraction of sp³-hybridized carbons (Fsp3) is 0.286. The summed E-state index contributed by atoms with van der Waals surface area (Å²) < 4.78 is 60.6. The summed E-state index contributed by atoms with van der Waals surface area (Å²) in [5, 5.41) is 9.37. The molecule has 1 N–H and O–H groups in total. The Bertz CT molecular complexity index is 1140. The molecule has 0 radical (unpaired) electrons. The van der Waals surface area contributed by atoms with Gasteiger partial charge in [-0.15, -0.1) is 5.10 Å². The third kappa shape index (κ3) is 4.42. The van der Waals surface area contributed by atoms with Crippen molar-refractivity contribution >= 4 is 17.3 Å². The van der Waals surface area contributed by atoms with Crippen LogP contribution in [-0.4, -0.2) is 47.2 Å². The Balaban J connectivity index is 1.62. The second-order valence-corrected chi connectivity index (χ2v) is 7.23. The number of nitrogens with one attached hydrogen (secondary N) is 1. The second-order valence-electron chi connectivity index (χ2n) is 7.23. The van der Waals surface area contributed by atoms with E-state index in [0.29, 0.717) is 29.1 Å². The number of aromatic nitrogens is 3. The zero-order valence-electron chi connectivity index (χ0n) is 17.0. The zero-order chi connectivity index (χ0) is 22.9. The van der Waals surface area contributed by atoms with Crippen molar-refractivity contribution in [1.82, 2.24) is 15.0 Å². The van der Waals surface area contributed by atoms with Gasteiger partial charge in [-0.2, -0.15) is 13.2 Å². The zero-order valence-corrected chi connectivity index (χ0v) is 17.0. The first kappa shape index (κ1) is 21.8. The summed E-state index contributed by atoms with van der Waals surface area (Å²) >= 11 is 0. The Labute approximate surface area is 180 Å². The van der Waals surface area contributed by atoms with Gasteiger partial charge in [0.1, 0.15) is 5.82 Å². The summed E-state index contributed by atoms with van der Waals surface area (Å²) in [4.78, 5) is 14.8. The average Bonchev–Trinajstić information content (AvgIpc) is 3.22. The van der Waals surface area contributed by atoms with Crippen LogP contribution in [0.3, 0.4) is 0 Å². The molecule has 2 heterocycles. The molecule has 32 heavy (non-hydrogen) atoms. The van der Waals surface area contributed by atoms with Crippen LogP contribution in [0.15, 0.2) is 42.5 Å². The van der Waals surface area contributed by atoms with Crippen LogP contribution in [0.2, 0.25) is 0 Å². The van der Waals surface area contributed by atoms with Crippen LogP contribution in [0, 0.1) is 12.7 Å². The van der Waals surface area contributed by atoms with Gasteiger partial charge in [0.25, 0.3) is 5.91 Å². The number of carbonyl (C=O) groups is 1. The highest BCUT2D eigenvalue weighted by Gasteiger charge is 2.42. The number of amides is 1. The smallest absolute Gasteiger partial charge is 0.378 e. The highest BCUT2D eigenvalue weighted by atomic mass is 19.4. The van der Waals surface area contributed by atoms with Gasteiger partial charge < -0.3 is 15.0 Å². The van der Waals surface area contributed by atoms with Gasteiger partial charge in [0.2, 0.25) is 0 Å². The monoisotopic (exact) mass is 449 g/mol. The Kier molecular flexibility index (Phi) is 5.83. The van der Waals surface area contributed by atoms with E-state index in [1.165, 1.54) is 12.1 Å². The quantitative estimate of drug-likeness (QED) is 0.614. The minimum Gasteiger partial charge on any atom is -0.378 e. The minimum absolute atomic E-state index is 0.199. The van der Waals surface area contributed by atoms with Gasteiger partial charge in [-0.1, -0.05) is 11.3 Å². The first-order chi connectivity index (χ1) is 15.2. The third-order valence-corrected chi connectivity index (χ3v) is 5.04. The summed E-state index contributed by atoms with van der Waals surface area (Å²) in [6.07, 6.45) is -4.95. The molecule has 0 spiro atoms.